The van der Waals surface area contributed by atoms with Crippen LogP contribution in [0.3, 0.4) is 0 Å². The fourth-order valence-electron chi connectivity index (χ4n) is 1.27. The van der Waals surface area contributed by atoms with Crippen molar-refractivity contribution in [1.82, 2.24) is 9.55 Å². The monoisotopic (exact) mass is 272 g/mol. The number of halogens is 1. The van der Waals surface area contributed by atoms with Crippen molar-refractivity contribution in [2.24, 2.45) is 0 Å². The zero-order chi connectivity index (χ0) is 11.4. The lowest BCUT2D eigenvalue weighted by Gasteiger charge is -2.07. The van der Waals surface area contributed by atoms with Crippen LogP contribution in [0.15, 0.2) is 15.5 Å². The highest BCUT2D eigenvalue weighted by Crippen LogP contribution is 2.02. The summed E-state index contributed by atoms with van der Waals surface area (Å²) >= 11 is 3.10. The van der Waals surface area contributed by atoms with E-state index in [0.717, 1.165) is 6.42 Å². The lowest BCUT2D eigenvalue weighted by atomic mass is 10.2. The smallest absolute Gasteiger partial charge is 0.268 e. The Morgan fingerprint density at radius 1 is 1.60 bits per heavy atom. The summed E-state index contributed by atoms with van der Waals surface area (Å²) in [5.41, 5.74) is -0.202. The molecule has 0 radical (unpaired) electrons. The highest BCUT2D eigenvalue weighted by molar-refractivity contribution is 9.10. The third-order valence-corrected chi connectivity index (χ3v) is 2.61. The maximum Gasteiger partial charge on any atom is 0.268 e. The second kappa shape index (κ2) is 5.21. The van der Waals surface area contributed by atoms with E-state index in [9.17, 15) is 9.59 Å². The molecular formula is C10H13BrN2O2. The summed E-state index contributed by atoms with van der Waals surface area (Å²) < 4.78 is 1.78. The van der Waals surface area contributed by atoms with Gasteiger partial charge in [-0.05, 0) is 29.3 Å². The van der Waals surface area contributed by atoms with Gasteiger partial charge in [-0.2, -0.15) is 0 Å². The molecule has 4 nitrogen and oxygen atoms in total. The van der Waals surface area contributed by atoms with Crippen LogP contribution in [0, 0.1) is 6.92 Å². The predicted octanol–water partition coefficient (Wildman–Crippen LogP) is 1.68. The van der Waals surface area contributed by atoms with Crippen LogP contribution in [-0.4, -0.2) is 15.3 Å². The standard InChI is InChI=1S/C10H13BrN2O2/c1-3-4-8(14)6-13-7(2)12-5-9(11)10(13)15/h5H,3-4,6H2,1-2H3. The zero-order valence-corrected chi connectivity index (χ0v) is 10.4. The van der Waals surface area contributed by atoms with Crippen molar-refractivity contribution < 1.29 is 4.79 Å². The number of carbonyl (C=O) groups is 1. The van der Waals surface area contributed by atoms with Crippen molar-refractivity contribution in [2.75, 3.05) is 0 Å². The first-order valence-electron chi connectivity index (χ1n) is 4.80. The van der Waals surface area contributed by atoms with E-state index in [0.29, 0.717) is 16.7 Å². The van der Waals surface area contributed by atoms with E-state index in [1.165, 1.54) is 10.8 Å². The summed E-state index contributed by atoms with van der Waals surface area (Å²) in [4.78, 5) is 27.1. The molecule has 0 amide bonds. The second-order valence-electron chi connectivity index (χ2n) is 3.33. The van der Waals surface area contributed by atoms with Crippen molar-refractivity contribution >= 4 is 21.7 Å². The fraction of sp³-hybridized carbons (Fsp3) is 0.500. The molecule has 1 aromatic rings. The van der Waals surface area contributed by atoms with Crippen molar-refractivity contribution in [1.29, 1.82) is 0 Å². The molecule has 0 spiro atoms. The van der Waals surface area contributed by atoms with Crippen LogP contribution in [0.1, 0.15) is 25.6 Å². The molecule has 0 aliphatic heterocycles. The van der Waals surface area contributed by atoms with Crippen LogP contribution in [-0.2, 0) is 11.3 Å². The molecule has 0 bridgehead atoms. The number of hydrogen-bond acceptors (Lipinski definition) is 3. The normalized spacial score (nSPS) is 10.3. The number of aromatic nitrogens is 2. The van der Waals surface area contributed by atoms with Crippen molar-refractivity contribution in [3.8, 4) is 0 Å². The van der Waals surface area contributed by atoms with E-state index in [-0.39, 0.29) is 17.9 Å². The number of aryl methyl sites for hydroxylation is 1. The van der Waals surface area contributed by atoms with Gasteiger partial charge in [0.1, 0.15) is 10.3 Å². The van der Waals surface area contributed by atoms with Crippen LogP contribution >= 0.6 is 15.9 Å². The van der Waals surface area contributed by atoms with Crippen molar-refractivity contribution in [3.63, 3.8) is 0 Å². The van der Waals surface area contributed by atoms with Gasteiger partial charge in [0, 0.05) is 12.6 Å². The Balaban J connectivity index is 2.99. The fourth-order valence-corrected chi connectivity index (χ4v) is 1.59. The van der Waals surface area contributed by atoms with Gasteiger partial charge >= 0.3 is 0 Å². The average molecular weight is 273 g/mol. The largest absolute Gasteiger partial charge is 0.298 e. The molecule has 0 aliphatic rings. The zero-order valence-electron chi connectivity index (χ0n) is 8.79. The van der Waals surface area contributed by atoms with E-state index in [1.54, 1.807) is 6.92 Å². The SMILES string of the molecule is CCCC(=O)Cn1c(C)ncc(Br)c1=O. The highest BCUT2D eigenvalue weighted by Gasteiger charge is 2.08. The predicted molar refractivity (Wildman–Crippen MR) is 60.8 cm³/mol. The molecule has 0 aromatic carbocycles. The Morgan fingerprint density at radius 3 is 2.87 bits per heavy atom. The molecule has 0 N–H and O–H groups in total. The molecule has 0 unspecified atom stereocenters. The molecular weight excluding hydrogens is 260 g/mol. The number of nitrogens with zero attached hydrogens (tertiary/aromatic N) is 2. The van der Waals surface area contributed by atoms with Gasteiger partial charge in [0.2, 0.25) is 0 Å². The van der Waals surface area contributed by atoms with Gasteiger partial charge in [0.15, 0.2) is 5.78 Å². The van der Waals surface area contributed by atoms with E-state index in [1.807, 2.05) is 6.92 Å². The maximum absolute atomic E-state index is 11.7. The first-order chi connectivity index (χ1) is 7.06. The summed E-state index contributed by atoms with van der Waals surface area (Å²) in [5.74, 6) is 0.621. The maximum atomic E-state index is 11.7. The van der Waals surface area contributed by atoms with Gasteiger partial charge in [-0.15, -0.1) is 0 Å². The third-order valence-electron chi connectivity index (χ3n) is 2.07. The molecule has 5 heteroatoms. The van der Waals surface area contributed by atoms with Gasteiger partial charge in [-0.25, -0.2) is 4.98 Å². The lowest BCUT2D eigenvalue weighted by Crippen LogP contribution is -2.27. The third kappa shape index (κ3) is 2.99. The average Bonchev–Trinajstić information content (AvgIpc) is 2.19. The second-order valence-corrected chi connectivity index (χ2v) is 4.19. The minimum Gasteiger partial charge on any atom is -0.298 e. The Labute approximate surface area is 96.5 Å². The molecule has 15 heavy (non-hydrogen) atoms. The van der Waals surface area contributed by atoms with Crippen LogP contribution in [0.4, 0.5) is 0 Å². The molecule has 0 fully saturated rings. The van der Waals surface area contributed by atoms with Gasteiger partial charge in [0.05, 0.1) is 6.54 Å². The molecule has 1 heterocycles. The Kier molecular flexibility index (Phi) is 4.20. The molecule has 0 aliphatic carbocycles. The quantitative estimate of drug-likeness (QED) is 0.838. The summed E-state index contributed by atoms with van der Waals surface area (Å²) in [6.07, 6.45) is 2.75. The summed E-state index contributed by atoms with van der Waals surface area (Å²) in [5, 5.41) is 0. The number of carbonyl (C=O) groups excluding carboxylic acids is 1. The first kappa shape index (κ1) is 12.1. The molecule has 1 aromatic heterocycles. The van der Waals surface area contributed by atoms with E-state index in [2.05, 4.69) is 20.9 Å². The molecule has 82 valence electrons. The molecule has 1 rings (SSSR count). The number of Topliss-reactive ketones (excluding diaryl/α,β-unsaturated/α-hetero) is 1. The van der Waals surface area contributed by atoms with E-state index in [4.69, 9.17) is 0 Å². The topological polar surface area (TPSA) is 52.0 Å². The van der Waals surface area contributed by atoms with Gasteiger partial charge in [-0.3, -0.25) is 14.2 Å². The number of hydrogen-bond donors (Lipinski definition) is 0. The summed E-state index contributed by atoms with van der Waals surface area (Å²) in [6.45, 7) is 3.77. The van der Waals surface area contributed by atoms with Crippen molar-refractivity contribution in [3.05, 3.63) is 26.8 Å². The van der Waals surface area contributed by atoms with Crippen LogP contribution in [0.5, 0.6) is 0 Å². The van der Waals surface area contributed by atoms with Gasteiger partial charge in [0.25, 0.3) is 5.56 Å². The van der Waals surface area contributed by atoms with Gasteiger partial charge in [-0.1, -0.05) is 6.92 Å². The minimum absolute atomic E-state index is 0.0580. The van der Waals surface area contributed by atoms with E-state index < -0.39 is 0 Å². The highest BCUT2D eigenvalue weighted by atomic mass is 79.9. The summed E-state index contributed by atoms with van der Waals surface area (Å²) in [6, 6.07) is 0. The first-order valence-corrected chi connectivity index (χ1v) is 5.59. The number of rotatable bonds is 4. The Morgan fingerprint density at radius 2 is 2.27 bits per heavy atom. The van der Waals surface area contributed by atoms with Crippen LogP contribution in [0.25, 0.3) is 0 Å². The minimum atomic E-state index is -0.202. The Bertz CT molecular complexity index is 426. The van der Waals surface area contributed by atoms with Crippen molar-refractivity contribution in [2.45, 2.75) is 33.2 Å². The molecule has 0 saturated heterocycles. The van der Waals surface area contributed by atoms with E-state index >= 15 is 0 Å². The Hall–Kier alpha value is -0.970. The van der Waals surface area contributed by atoms with Gasteiger partial charge < -0.3 is 0 Å². The molecule has 0 atom stereocenters. The van der Waals surface area contributed by atoms with Crippen LogP contribution < -0.4 is 5.56 Å². The van der Waals surface area contributed by atoms with Crippen LogP contribution in [0.2, 0.25) is 0 Å². The molecule has 0 saturated carbocycles. The summed E-state index contributed by atoms with van der Waals surface area (Å²) in [7, 11) is 0. The number of ketones is 1. The lowest BCUT2D eigenvalue weighted by molar-refractivity contribution is -0.119.